The molecule has 1 aromatic carbocycles. The molecule has 0 aliphatic rings. The quantitative estimate of drug-likeness (QED) is 0.723. The van der Waals surface area contributed by atoms with E-state index in [1.165, 1.54) is 35.2 Å². The first-order chi connectivity index (χ1) is 11.4. The molecule has 0 atom stereocenters. The number of benzene rings is 1. The molecule has 0 bridgehead atoms. The number of carbonyl (C=O) groups excluding carboxylic acids is 1. The topological polar surface area (TPSA) is 58.1 Å². The minimum Gasteiger partial charge on any atom is -0.360 e. The van der Waals surface area contributed by atoms with E-state index in [1.807, 2.05) is 0 Å². The van der Waals surface area contributed by atoms with E-state index >= 15 is 0 Å². The van der Waals surface area contributed by atoms with Gasteiger partial charge in [0.05, 0.1) is 5.75 Å². The summed E-state index contributed by atoms with van der Waals surface area (Å²) in [6.45, 7) is 5.55. The Hall–Kier alpha value is -1.67. The van der Waals surface area contributed by atoms with Crippen LogP contribution in [0.3, 0.4) is 0 Å². The fourth-order valence-electron chi connectivity index (χ4n) is 1.82. The molecule has 0 radical (unpaired) electrons. The maximum Gasteiger partial charge on any atom is 0.233 e. The van der Waals surface area contributed by atoms with Crippen LogP contribution >= 0.6 is 23.1 Å². The van der Waals surface area contributed by atoms with Crippen molar-refractivity contribution in [2.45, 2.75) is 24.7 Å². The summed E-state index contributed by atoms with van der Waals surface area (Å²) in [6, 6.07) is 6.16. The highest BCUT2D eigenvalue weighted by atomic mass is 32.2. The molecular formula is C16H21FN4OS2. The predicted molar refractivity (Wildman–Crippen MR) is 96.8 cm³/mol. The second kappa shape index (κ2) is 8.98. The van der Waals surface area contributed by atoms with Gasteiger partial charge in [-0.25, -0.2) is 4.39 Å². The molecular weight excluding hydrogens is 347 g/mol. The van der Waals surface area contributed by atoms with E-state index in [-0.39, 0.29) is 11.7 Å². The monoisotopic (exact) mass is 368 g/mol. The molecule has 0 aliphatic carbocycles. The minimum atomic E-state index is -0.276. The number of halogens is 1. The smallest absolute Gasteiger partial charge is 0.233 e. The van der Waals surface area contributed by atoms with Gasteiger partial charge in [0.15, 0.2) is 4.34 Å². The van der Waals surface area contributed by atoms with E-state index in [0.717, 1.165) is 21.6 Å². The average molecular weight is 369 g/mol. The Morgan fingerprint density at radius 2 is 2.04 bits per heavy atom. The van der Waals surface area contributed by atoms with Crippen molar-refractivity contribution in [2.24, 2.45) is 5.92 Å². The number of nitrogens with one attached hydrogen (secondary N) is 1. The third-order valence-corrected chi connectivity index (χ3v) is 5.14. The molecule has 0 fully saturated rings. The summed E-state index contributed by atoms with van der Waals surface area (Å²) in [4.78, 5) is 13.8. The van der Waals surface area contributed by atoms with Gasteiger partial charge in [-0.15, -0.1) is 10.2 Å². The van der Waals surface area contributed by atoms with E-state index in [0.29, 0.717) is 18.2 Å². The molecule has 24 heavy (non-hydrogen) atoms. The lowest BCUT2D eigenvalue weighted by Crippen LogP contribution is -2.27. The van der Waals surface area contributed by atoms with Crippen LogP contribution in [0.1, 0.15) is 19.4 Å². The fourth-order valence-corrected chi connectivity index (χ4v) is 3.52. The lowest BCUT2D eigenvalue weighted by molar-refractivity contribution is -0.127. The predicted octanol–water partition coefficient (Wildman–Crippen LogP) is 3.50. The van der Waals surface area contributed by atoms with Gasteiger partial charge in [-0.1, -0.05) is 49.1 Å². The van der Waals surface area contributed by atoms with Crippen molar-refractivity contribution in [2.75, 3.05) is 24.7 Å². The number of hydrogen-bond acceptors (Lipinski definition) is 6. The lowest BCUT2D eigenvalue weighted by Gasteiger charge is -2.16. The summed E-state index contributed by atoms with van der Waals surface area (Å²) < 4.78 is 13.7. The highest BCUT2D eigenvalue weighted by Crippen LogP contribution is 2.25. The number of nitrogens with zero attached hydrogens (tertiary/aromatic N) is 3. The van der Waals surface area contributed by atoms with Crippen LogP contribution in [0, 0.1) is 11.7 Å². The molecule has 0 spiro atoms. The van der Waals surface area contributed by atoms with Gasteiger partial charge in [0.2, 0.25) is 11.0 Å². The number of carbonyl (C=O) groups is 1. The van der Waals surface area contributed by atoms with Crippen molar-refractivity contribution in [3.05, 3.63) is 35.6 Å². The van der Waals surface area contributed by atoms with E-state index in [4.69, 9.17) is 0 Å². The van der Waals surface area contributed by atoms with Gasteiger partial charge in [0.1, 0.15) is 5.82 Å². The molecule has 2 rings (SSSR count). The van der Waals surface area contributed by atoms with Gasteiger partial charge in [0.25, 0.3) is 0 Å². The zero-order chi connectivity index (χ0) is 17.5. The molecule has 0 unspecified atom stereocenters. The molecule has 5 nitrogen and oxygen atoms in total. The highest BCUT2D eigenvalue weighted by molar-refractivity contribution is 8.01. The first-order valence-electron chi connectivity index (χ1n) is 7.62. The third-order valence-electron chi connectivity index (χ3n) is 3.15. The number of amides is 1. The number of aromatic nitrogens is 2. The van der Waals surface area contributed by atoms with Crippen molar-refractivity contribution >= 4 is 34.1 Å². The first kappa shape index (κ1) is 18.7. The maximum absolute atomic E-state index is 12.9. The van der Waals surface area contributed by atoms with Crippen LogP contribution in [0.5, 0.6) is 0 Å². The molecule has 8 heteroatoms. The molecule has 1 N–H and O–H groups in total. The van der Waals surface area contributed by atoms with Crippen LogP contribution in [-0.4, -0.2) is 40.3 Å². The van der Waals surface area contributed by atoms with Crippen molar-refractivity contribution in [3.63, 3.8) is 0 Å². The molecule has 1 heterocycles. The van der Waals surface area contributed by atoms with Gasteiger partial charge in [-0.05, 0) is 23.6 Å². The summed E-state index contributed by atoms with van der Waals surface area (Å²) in [6.07, 6.45) is 0. The third kappa shape index (κ3) is 6.09. The Morgan fingerprint density at radius 3 is 2.71 bits per heavy atom. The van der Waals surface area contributed by atoms with E-state index in [1.54, 1.807) is 24.1 Å². The second-order valence-electron chi connectivity index (χ2n) is 5.81. The van der Waals surface area contributed by atoms with Crippen molar-refractivity contribution in [1.29, 1.82) is 0 Å². The SMILES string of the molecule is CC(C)CNc1nnc(SCC(=O)N(C)Cc2ccc(F)cc2)s1. The van der Waals surface area contributed by atoms with Crippen molar-refractivity contribution in [1.82, 2.24) is 15.1 Å². The number of thioether (sulfide) groups is 1. The summed E-state index contributed by atoms with van der Waals surface area (Å²) in [5, 5.41) is 12.1. The second-order valence-corrected chi connectivity index (χ2v) is 8.01. The van der Waals surface area contributed by atoms with Gasteiger partial charge >= 0.3 is 0 Å². The van der Waals surface area contributed by atoms with Gasteiger partial charge in [0, 0.05) is 20.1 Å². The van der Waals surface area contributed by atoms with Crippen molar-refractivity contribution in [3.8, 4) is 0 Å². The fraction of sp³-hybridized carbons (Fsp3) is 0.438. The molecule has 0 saturated heterocycles. The normalized spacial score (nSPS) is 10.9. The Morgan fingerprint density at radius 1 is 1.33 bits per heavy atom. The standard InChI is InChI=1S/C16H21FN4OS2/c1-11(2)8-18-15-19-20-16(24-15)23-10-14(22)21(3)9-12-4-6-13(17)7-5-12/h4-7,11H,8-10H2,1-3H3,(H,18,19). The number of rotatable bonds is 8. The molecule has 0 aliphatic heterocycles. The van der Waals surface area contributed by atoms with Crippen LogP contribution in [0.15, 0.2) is 28.6 Å². The number of hydrogen-bond donors (Lipinski definition) is 1. The summed E-state index contributed by atoms with van der Waals surface area (Å²) in [7, 11) is 1.74. The zero-order valence-corrected chi connectivity index (χ0v) is 15.6. The Labute approximate surface area is 149 Å². The molecule has 2 aromatic rings. The molecule has 130 valence electrons. The lowest BCUT2D eigenvalue weighted by atomic mass is 10.2. The van der Waals surface area contributed by atoms with Crippen LogP contribution in [-0.2, 0) is 11.3 Å². The largest absolute Gasteiger partial charge is 0.360 e. The van der Waals surface area contributed by atoms with E-state index < -0.39 is 0 Å². The molecule has 1 aromatic heterocycles. The number of anilines is 1. The summed E-state index contributed by atoms with van der Waals surface area (Å²) in [5.74, 6) is 0.556. The van der Waals surface area contributed by atoms with Gasteiger partial charge in [-0.2, -0.15) is 0 Å². The zero-order valence-electron chi connectivity index (χ0n) is 14.0. The van der Waals surface area contributed by atoms with Crippen LogP contribution in [0.2, 0.25) is 0 Å². The maximum atomic E-state index is 12.9. The van der Waals surface area contributed by atoms with E-state index in [9.17, 15) is 9.18 Å². The van der Waals surface area contributed by atoms with Gasteiger partial charge in [-0.3, -0.25) is 4.79 Å². The average Bonchev–Trinajstić information content (AvgIpc) is 3.00. The summed E-state index contributed by atoms with van der Waals surface area (Å²) >= 11 is 2.83. The Bertz CT molecular complexity index is 660. The summed E-state index contributed by atoms with van der Waals surface area (Å²) in [5.41, 5.74) is 0.897. The van der Waals surface area contributed by atoms with Gasteiger partial charge < -0.3 is 10.2 Å². The van der Waals surface area contributed by atoms with Crippen LogP contribution < -0.4 is 5.32 Å². The van der Waals surface area contributed by atoms with Crippen LogP contribution in [0.25, 0.3) is 0 Å². The molecule has 1 amide bonds. The van der Waals surface area contributed by atoms with Crippen molar-refractivity contribution < 1.29 is 9.18 Å². The Kier molecular flexibility index (Phi) is 6.99. The first-order valence-corrected chi connectivity index (χ1v) is 9.43. The van der Waals surface area contributed by atoms with Crippen LogP contribution in [0.4, 0.5) is 9.52 Å². The Balaban J connectivity index is 1.78. The minimum absolute atomic E-state index is 0.00351. The molecule has 0 saturated carbocycles. The van der Waals surface area contributed by atoms with E-state index in [2.05, 4.69) is 29.4 Å². The highest BCUT2D eigenvalue weighted by Gasteiger charge is 2.12.